The normalized spacial score (nSPS) is 36.2. The molecule has 2 aliphatic heterocycles. The van der Waals surface area contributed by atoms with Crippen molar-refractivity contribution in [3.63, 3.8) is 0 Å². The molecule has 30 heavy (non-hydrogen) atoms. The maximum atomic E-state index is 12.4. The van der Waals surface area contributed by atoms with Gasteiger partial charge in [-0.15, -0.1) is 0 Å². The highest BCUT2D eigenvalue weighted by atomic mass is 16.6. The number of amides is 1. The lowest BCUT2D eigenvalue weighted by Crippen LogP contribution is -2.66. The van der Waals surface area contributed by atoms with Crippen LogP contribution in [0.2, 0.25) is 0 Å². The molecule has 2 aromatic carbocycles. The fraction of sp³-hybridized carbons (Fsp3) is 0.480. The third kappa shape index (κ3) is 2.90. The molecule has 1 amide bonds. The molecule has 3 aliphatic rings. The number of para-hydroxylation sites is 2. The lowest BCUT2D eigenvalue weighted by molar-refractivity contribution is -0.259. The van der Waals surface area contributed by atoms with Gasteiger partial charge in [-0.2, -0.15) is 0 Å². The van der Waals surface area contributed by atoms with Crippen LogP contribution in [-0.4, -0.2) is 24.9 Å². The molecule has 2 bridgehead atoms. The smallest absolute Gasteiger partial charge is 0.411 e. The summed E-state index contributed by atoms with van der Waals surface area (Å²) >= 11 is 0. The summed E-state index contributed by atoms with van der Waals surface area (Å²) in [5.41, 5.74) is 1.37. The molecule has 158 valence electrons. The van der Waals surface area contributed by atoms with Crippen LogP contribution < -0.4 is 10.1 Å². The van der Waals surface area contributed by atoms with E-state index in [1.807, 2.05) is 48.5 Å². The topological polar surface area (TPSA) is 56.8 Å². The van der Waals surface area contributed by atoms with Crippen LogP contribution in [0.5, 0.6) is 5.75 Å². The molecule has 2 aromatic rings. The summed E-state index contributed by atoms with van der Waals surface area (Å²) in [5.74, 6) is 1.75. The number of hydrogen-bond donors (Lipinski definition) is 1. The van der Waals surface area contributed by atoms with Crippen molar-refractivity contribution in [1.82, 2.24) is 0 Å². The molecule has 1 N–H and O–H groups in total. The second-order valence-corrected chi connectivity index (χ2v) is 9.40. The maximum absolute atomic E-state index is 12.4. The summed E-state index contributed by atoms with van der Waals surface area (Å²) in [6, 6.07) is 17.6. The summed E-state index contributed by atoms with van der Waals surface area (Å²) in [5, 5.41) is 2.82. The molecule has 6 atom stereocenters. The van der Waals surface area contributed by atoms with Gasteiger partial charge in [-0.1, -0.05) is 50.2 Å². The molecule has 5 heteroatoms. The lowest BCUT2D eigenvalue weighted by Gasteiger charge is -2.63. The Labute approximate surface area is 177 Å². The van der Waals surface area contributed by atoms with Crippen molar-refractivity contribution in [1.29, 1.82) is 0 Å². The van der Waals surface area contributed by atoms with Gasteiger partial charge in [-0.05, 0) is 43.4 Å². The summed E-state index contributed by atoms with van der Waals surface area (Å²) in [4.78, 5) is 12.4. The molecule has 1 aliphatic carbocycles. The van der Waals surface area contributed by atoms with Crippen LogP contribution in [0.3, 0.4) is 0 Å². The Hall–Kier alpha value is -2.53. The Morgan fingerprint density at radius 3 is 2.67 bits per heavy atom. The average molecular weight is 408 g/mol. The minimum atomic E-state index is -0.421. The molecule has 2 fully saturated rings. The van der Waals surface area contributed by atoms with Crippen LogP contribution in [-0.2, 0) is 9.47 Å². The standard InChI is InChI=1S/C25H29NO4/c1-16-13-24(3)21-17(2)25(16,15-29-23(27)26-18-9-5-4-6-10-18)14-28-22(21)19-11-7-8-12-20(19)30-24/h4-12,16-17,21-22H,13-15H2,1-3H3,(H,26,27)/t16-,17-,21+,22-,24-,25-/m1/s1. The van der Waals surface area contributed by atoms with E-state index < -0.39 is 6.09 Å². The van der Waals surface area contributed by atoms with Gasteiger partial charge < -0.3 is 14.2 Å². The van der Waals surface area contributed by atoms with Crippen molar-refractivity contribution >= 4 is 11.8 Å². The monoisotopic (exact) mass is 407 g/mol. The van der Waals surface area contributed by atoms with Crippen molar-refractivity contribution < 1.29 is 19.0 Å². The maximum Gasteiger partial charge on any atom is 0.411 e. The van der Waals surface area contributed by atoms with E-state index >= 15 is 0 Å². The van der Waals surface area contributed by atoms with Crippen molar-refractivity contribution in [2.75, 3.05) is 18.5 Å². The average Bonchev–Trinajstić information content (AvgIpc) is 2.73. The minimum absolute atomic E-state index is 0.0220. The first kappa shape index (κ1) is 19.4. The van der Waals surface area contributed by atoms with Crippen molar-refractivity contribution in [3.05, 3.63) is 60.2 Å². The zero-order chi connectivity index (χ0) is 20.9. The number of benzene rings is 2. The fourth-order valence-electron chi connectivity index (χ4n) is 6.13. The highest BCUT2D eigenvalue weighted by molar-refractivity contribution is 5.84. The van der Waals surface area contributed by atoms with E-state index in [1.54, 1.807) is 0 Å². The van der Waals surface area contributed by atoms with Crippen LogP contribution in [0.4, 0.5) is 10.5 Å². The highest BCUT2D eigenvalue weighted by Crippen LogP contribution is 2.63. The highest BCUT2D eigenvalue weighted by Gasteiger charge is 2.64. The van der Waals surface area contributed by atoms with Gasteiger partial charge in [0, 0.05) is 22.6 Å². The van der Waals surface area contributed by atoms with E-state index in [-0.39, 0.29) is 23.0 Å². The van der Waals surface area contributed by atoms with Gasteiger partial charge >= 0.3 is 6.09 Å². The Kier molecular flexibility index (Phi) is 4.55. The Morgan fingerprint density at radius 1 is 1.13 bits per heavy atom. The summed E-state index contributed by atoms with van der Waals surface area (Å²) in [6.45, 7) is 7.66. The SMILES string of the molecule is C[C@@H]1C[C@@]2(C)Oc3ccccc3[C@H]3OC[C@]1(COC(=O)Nc1ccccc1)[C@H](C)[C@@H]32. The number of hydrogen-bond acceptors (Lipinski definition) is 4. The van der Waals surface area contributed by atoms with E-state index in [4.69, 9.17) is 14.2 Å². The molecule has 5 nitrogen and oxygen atoms in total. The second-order valence-electron chi connectivity index (χ2n) is 9.40. The number of carbonyl (C=O) groups is 1. The van der Waals surface area contributed by atoms with E-state index in [0.29, 0.717) is 25.0 Å². The van der Waals surface area contributed by atoms with Crippen LogP contribution in [0.25, 0.3) is 0 Å². The third-order valence-corrected chi connectivity index (χ3v) is 7.76. The van der Waals surface area contributed by atoms with Gasteiger partial charge in [0.05, 0.1) is 12.7 Å². The number of carbonyl (C=O) groups excluding carboxylic acids is 1. The number of nitrogens with one attached hydrogen (secondary N) is 1. The van der Waals surface area contributed by atoms with E-state index in [1.165, 1.54) is 0 Å². The van der Waals surface area contributed by atoms with Gasteiger partial charge in [-0.3, -0.25) is 5.32 Å². The molecule has 0 aromatic heterocycles. The minimum Gasteiger partial charge on any atom is -0.487 e. The van der Waals surface area contributed by atoms with Gasteiger partial charge in [0.25, 0.3) is 0 Å². The van der Waals surface area contributed by atoms with Crippen LogP contribution >= 0.6 is 0 Å². The predicted molar refractivity (Wildman–Crippen MR) is 114 cm³/mol. The summed E-state index contributed by atoms with van der Waals surface area (Å²) in [7, 11) is 0. The van der Waals surface area contributed by atoms with Gasteiger partial charge in [0.2, 0.25) is 0 Å². The number of rotatable bonds is 3. The number of fused-ring (bicyclic) bond motifs is 3. The first-order valence-electron chi connectivity index (χ1n) is 10.8. The quantitative estimate of drug-likeness (QED) is 0.736. The molecule has 0 spiro atoms. The van der Waals surface area contributed by atoms with Gasteiger partial charge in [0.15, 0.2) is 0 Å². The summed E-state index contributed by atoms with van der Waals surface area (Å²) in [6.07, 6.45) is 0.518. The first-order chi connectivity index (χ1) is 14.4. The van der Waals surface area contributed by atoms with E-state index in [2.05, 4.69) is 32.2 Å². The largest absolute Gasteiger partial charge is 0.487 e. The Balaban J connectivity index is 1.38. The number of anilines is 1. The van der Waals surface area contributed by atoms with Crippen LogP contribution in [0.1, 0.15) is 38.9 Å². The molecule has 0 radical (unpaired) electrons. The molecular weight excluding hydrogens is 378 g/mol. The Morgan fingerprint density at radius 2 is 1.87 bits per heavy atom. The zero-order valence-corrected chi connectivity index (χ0v) is 17.8. The lowest BCUT2D eigenvalue weighted by atomic mass is 9.50. The molecule has 1 saturated carbocycles. The Bertz CT molecular complexity index is 947. The van der Waals surface area contributed by atoms with Gasteiger partial charge in [-0.25, -0.2) is 4.79 Å². The predicted octanol–water partition coefficient (Wildman–Crippen LogP) is 5.44. The van der Waals surface area contributed by atoms with Crippen molar-refractivity contribution in [2.45, 2.75) is 38.9 Å². The van der Waals surface area contributed by atoms with Gasteiger partial charge in [0.1, 0.15) is 18.0 Å². The van der Waals surface area contributed by atoms with Crippen LogP contribution in [0.15, 0.2) is 54.6 Å². The number of ether oxygens (including phenoxy) is 3. The first-order valence-corrected chi connectivity index (χ1v) is 10.8. The fourth-order valence-corrected chi connectivity index (χ4v) is 6.13. The summed E-state index contributed by atoms with van der Waals surface area (Å²) < 4.78 is 18.8. The second kappa shape index (κ2) is 7.02. The van der Waals surface area contributed by atoms with E-state index in [0.717, 1.165) is 23.4 Å². The molecule has 0 unspecified atom stereocenters. The molecular formula is C25H29NO4. The van der Waals surface area contributed by atoms with E-state index in [9.17, 15) is 4.79 Å². The third-order valence-electron chi connectivity index (χ3n) is 7.76. The van der Waals surface area contributed by atoms with Crippen molar-refractivity contribution in [3.8, 4) is 5.75 Å². The zero-order valence-electron chi connectivity index (χ0n) is 17.8. The van der Waals surface area contributed by atoms with Crippen molar-refractivity contribution in [2.24, 2.45) is 23.2 Å². The van der Waals surface area contributed by atoms with Crippen LogP contribution in [0, 0.1) is 23.2 Å². The molecule has 1 saturated heterocycles. The molecule has 5 rings (SSSR count). The molecule has 2 heterocycles.